The summed E-state index contributed by atoms with van der Waals surface area (Å²) in [7, 11) is 0. The first kappa shape index (κ1) is 17.9. The zero-order chi connectivity index (χ0) is 17.4. The minimum atomic E-state index is -0.348. The summed E-state index contributed by atoms with van der Waals surface area (Å²) >= 11 is 5.80. The van der Waals surface area contributed by atoms with Gasteiger partial charge in [0.1, 0.15) is 5.82 Å². The minimum absolute atomic E-state index is 0.0827. The molecule has 2 amide bonds. The molecule has 0 saturated heterocycles. The van der Waals surface area contributed by atoms with Crippen molar-refractivity contribution < 1.29 is 14.0 Å². The van der Waals surface area contributed by atoms with Gasteiger partial charge < -0.3 is 10.6 Å². The Kier molecular flexibility index (Phi) is 6.75. The van der Waals surface area contributed by atoms with E-state index >= 15 is 0 Å². The molecule has 0 spiro atoms. The third kappa shape index (κ3) is 6.38. The Morgan fingerprint density at radius 3 is 2.17 bits per heavy atom. The van der Waals surface area contributed by atoms with E-state index < -0.39 is 0 Å². The molecule has 0 bridgehead atoms. The van der Waals surface area contributed by atoms with Gasteiger partial charge in [-0.05, 0) is 41.8 Å². The molecule has 0 radical (unpaired) electrons. The molecule has 2 N–H and O–H groups in total. The van der Waals surface area contributed by atoms with Crippen molar-refractivity contribution in [3.63, 3.8) is 0 Å². The summed E-state index contributed by atoms with van der Waals surface area (Å²) in [5, 5.41) is 5.95. The molecule has 126 valence electrons. The molecule has 2 rings (SSSR count). The van der Waals surface area contributed by atoms with Gasteiger partial charge in [-0.3, -0.25) is 9.59 Å². The summed E-state index contributed by atoms with van der Waals surface area (Å²) in [5.74, 6) is -0.884. The first-order chi connectivity index (χ1) is 11.5. The van der Waals surface area contributed by atoms with Crippen molar-refractivity contribution in [1.29, 1.82) is 0 Å². The van der Waals surface area contributed by atoms with Gasteiger partial charge in [-0.1, -0.05) is 35.9 Å². The standard InChI is InChI=1S/C18H18ClFN2O2/c19-15-5-1-13(2-6-15)9-10-21-18(24)12-22-17(23)11-14-3-7-16(20)8-4-14/h1-8H,9-12H2,(H,21,24)(H,22,23). The van der Waals surface area contributed by atoms with Gasteiger partial charge in [0.15, 0.2) is 0 Å². The Hall–Kier alpha value is -2.40. The first-order valence-electron chi connectivity index (χ1n) is 7.55. The Morgan fingerprint density at radius 2 is 1.50 bits per heavy atom. The number of carbonyl (C=O) groups is 2. The van der Waals surface area contributed by atoms with Crippen LogP contribution in [0, 0.1) is 5.82 Å². The maximum atomic E-state index is 12.8. The van der Waals surface area contributed by atoms with Crippen LogP contribution in [0.15, 0.2) is 48.5 Å². The van der Waals surface area contributed by atoms with E-state index in [0.717, 1.165) is 5.56 Å². The first-order valence-corrected chi connectivity index (χ1v) is 7.93. The fourth-order valence-electron chi connectivity index (χ4n) is 2.09. The van der Waals surface area contributed by atoms with E-state index in [-0.39, 0.29) is 30.6 Å². The normalized spacial score (nSPS) is 10.2. The zero-order valence-corrected chi connectivity index (χ0v) is 13.8. The molecule has 0 heterocycles. The lowest BCUT2D eigenvalue weighted by molar-refractivity contribution is -0.125. The van der Waals surface area contributed by atoms with Gasteiger partial charge in [0.2, 0.25) is 11.8 Å². The van der Waals surface area contributed by atoms with E-state index in [1.165, 1.54) is 12.1 Å². The second-order valence-electron chi connectivity index (χ2n) is 5.31. The van der Waals surface area contributed by atoms with Crippen molar-refractivity contribution >= 4 is 23.4 Å². The van der Waals surface area contributed by atoms with E-state index in [1.54, 1.807) is 24.3 Å². The van der Waals surface area contributed by atoms with Gasteiger partial charge in [0, 0.05) is 11.6 Å². The maximum absolute atomic E-state index is 12.8. The molecule has 0 unspecified atom stereocenters. The number of rotatable bonds is 7. The molecular weight excluding hydrogens is 331 g/mol. The van der Waals surface area contributed by atoms with Crippen LogP contribution in [0.3, 0.4) is 0 Å². The molecule has 2 aromatic carbocycles. The summed E-state index contributed by atoms with van der Waals surface area (Å²) in [6.45, 7) is 0.398. The summed E-state index contributed by atoms with van der Waals surface area (Å²) in [5.41, 5.74) is 1.76. The predicted octanol–water partition coefficient (Wildman–Crippen LogP) is 2.50. The highest BCUT2D eigenvalue weighted by molar-refractivity contribution is 6.30. The van der Waals surface area contributed by atoms with Crippen LogP contribution in [0.5, 0.6) is 0 Å². The average Bonchev–Trinajstić information content (AvgIpc) is 2.57. The Labute approximate surface area is 145 Å². The van der Waals surface area contributed by atoms with Gasteiger partial charge in [-0.15, -0.1) is 0 Å². The topological polar surface area (TPSA) is 58.2 Å². The highest BCUT2D eigenvalue weighted by Gasteiger charge is 2.06. The lowest BCUT2D eigenvalue weighted by atomic mass is 10.1. The van der Waals surface area contributed by atoms with E-state index in [1.807, 2.05) is 12.1 Å². The van der Waals surface area contributed by atoms with Gasteiger partial charge in [0.25, 0.3) is 0 Å². The third-order valence-electron chi connectivity index (χ3n) is 3.37. The van der Waals surface area contributed by atoms with Crippen LogP contribution in [0.1, 0.15) is 11.1 Å². The number of benzene rings is 2. The number of amides is 2. The highest BCUT2D eigenvalue weighted by Crippen LogP contribution is 2.09. The molecule has 0 aliphatic rings. The number of halogens is 2. The quantitative estimate of drug-likeness (QED) is 0.807. The van der Waals surface area contributed by atoms with Crippen molar-refractivity contribution in [3.05, 3.63) is 70.5 Å². The van der Waals surface area contributed by atoms with Crippen LogP contribution in [0.25, 0.3) is 0 Å². The average molecular weight is 349 g/mol. The van der Waals surface area contributed by atoms with Crippen molar-refractivity contribution in [1.82, 2.24) is 10.6 Å². The van der Waals surface area contributed by atoms with Crippen LogP contribution in [-0.4, -0.2) is 24.9 Å². The zero-order valence-electron chi connectivity index (χ0n) is 13.0. The lowest BCUT2D eigenvalue weighted by Crippen LogP contribution is -2.38. The van der Waals surface area contributed by atoms with Gasteiger partial charge in [-0.25, -0.2) is 4.39 Å². The van der Waals surface area contributed by atoms with E-state index in [9.17, 15) is 14.0 Å². The van der Waals surface area contributed by atoms with Crippen LogP contribution in [-0.2, 0) is 22.4 Å². The molecule has 0 atom stereocenters. The second-order valence-corrected chi connectivity index (χ2v) is 5.74. The fraction of sp³-hybridized carbons (Fsp3) is 0.222. The lowest BCUT2D eigenvalue weighted by Gasteiger charge is -2.07. The van der Waals surface area contributed by atoms with Gasteiger partial charge >= 0.3 is 0 Å². The smallest absolute Gasteiger partial charge is 0.239 e. The molecule has 0 aliphatic carbocycles. The number of nitrogens with one attached hydrogen (secondary N) is 2. The van der Waals surface area contributed by atoms with Gasteiger partial charge in [-0.2, -0.15) is 0 Å². The summed E-state index contributed by atoms with van der Waals surface area (Å²) in [6, 6.07) is 13.1. The summed E-state index contributed by atoms with van der Waals surface area (Å²) in [4.78, 5) is 23.4. The van der Waals surface area contributed by atoms with Crippen LogP contribution < -0.4 is 10.6 Å². The van der Waals surface area contributed by atoms with Gasteiger partial charge in [0.05, 0.1) is 13.0 Å². The predicted molar refractivity (Wildman–Crippen MR) is 91.3 cm³/mol. The van der Waals surface area contributed by atoms with E-state index in [2.05, 4.69) is 10.6 Å². The summed E-state index contributed by atoms with van der Waals surface area (Å²) in [6.07, 6.45) is 0.796. The van der Waals surface area contributed by atoms with Crippen LogP contribution in [0.2, 0.25) is 5.02 Å². The van der Waals surface area contributed by atoms with E-state index in [4.69, 9.17) is 11.6 Å². The Morgan fingerprint density at radius 1 is 0.875 bits per heavy atom. The number of hydrogen-bond acceptors (Lipinski definition) is 2. The molecule has 0 aliphatic heterocycles. The van der Waals surface area contributed by atoms with Crippen molar-refractivity contribution in [2.45, 2.75) is 12.8 Å². The third-order valence-corrected chi connectivity index (χ3v) is 3.63. The van der Waals surface area contributed by atoms with Crippen LogP contribution >= 0.6 is 11.6 Å². The minimum Gasteiger partial charge on any atom is -0.354 e. The summed E-state index contributed by atoms with van der Waals surface area (Å²) < 4.78 is 12.8. The monoisotopic (exact) mass is 348 g/mol. The van der Waals surface area contributed by atoms with Crippen molar-refractivity contribution in [2.75, 3.05) is 13.1 Å². The fourth-order valence-corrected chi connectivity index (χ4v) is 2.21. The number of carbonyl (C=O) groups excluding carboxylic acids is 2. The Balaban J connectivity index is 1.64. The molecule has 2 aromatic rings. The second kappa shape index (κ2) is 9.03. The molecule has 24 heavy (non-hydrogen) atoms. The SMILES string of the molecule is O=C(CNC(=O)Cc1ccc(F)cc1)NCCc1ccc(Cl)cc1. The van der Waals surface area contributed by atoms with E-state index in [0.29, 0.717) is 23.6 Å². The molecule has 0 saturated carbocycles. The van der Waals surface area contributed by atoms with Crippen molar-refractivity contribution in [3.8, 4) is 0 Å². The largest absolute Gasteiger partial charge is 0.354 e. The highest BCUT2D eigenvalue weighted by atomic mass is 35.5. The van der Waals surface area contributed by atoms with Crippen molar-refractivity contribution in [2.24, 2.45) is 0 Å². The molecule has 0 fully saturated rings. The maximum Gasteiger partial charge on any atom is 0.239 e. The molecule has 6 heteroatoms. The van der Waals surface area contributed by atoms with Crippen LogP contribution in [0.4, 0.5) is 4.39 Å². The number of hydrogen-bond donors (Lipinski definition) is 2. The molecular formula is C18H18ClFN2O2. The molecule has 4 nitrogen and oxygen atoms in total. The molecule has 0 aromatic heterocycles. The Bertz CT molecular complexity index is 687.